The molecule has 1 aliphatic rings. The second-order valence-corrected chi connectivity index (χ2v) is 5.68. The number of carbonyl (C=O) groups is 1. The van der Waals surface area contributed by atoms with E-state index in [0.29, 0.717) is 12.3 Å². The summed E-state index contributed by atoms with van der Waals surface area (Å²) in [6.07, 6.45) is 1.57. The van der Waals surface area contributed by atoms with Crippen LogP contribution in [0.5, 0.6) is 0 Å². The minimum absolute atomic E-state index is 0.0414. The summed E-state index contributed by atoms with van der Waals surface area (Å²) in [7, 11) is 0. The number of nitro groups is 1. The number of benzene rings is 1. The highest BCUT2D eigenvalue weighted by molar-refractivity contribution is 8.00. The number of hydrogen-bond acceptors (Lipinski definition) is 5. The maximum Gasteiger partial charge on any atom is 0.269 e. The summed E-state index contributed by atoms with van der Waals surface area (Å²) in [5.41, 5.74) is 0.925. The van der Waals surface area contributed by atoms with Crippen LogP contribution >= 0.6 is 11.8 Å². The Labute approximate surface area is 124 Å². The molecule has 1 amide bonds. The summed E-state index contributed by atoms with van der Waals surface area (Å²) in [5, 5.41) is 10.5. The normalized spacial score (nSPS) is 18.2. The fraction of sp³-hybridized carbons (Fsp3) is 0.214. The van der Waals surface area contributed by atoms with E-state index in [2.05, 4.69) is 0 Å². The van der Waals surface area contributed by atoms with Gasteiger partial charge in [0.2, 0.25) is 5.91 Å². The van der Waals surface area contributed by atoms with Gasteiger partial charge in [-0.2, -0.15) is 0 Å². The van der Waals surface area contributed by atoms with Gasteiger partial charge in [-0.3, -0.25) is 14.9 Å². The van der Waals surface area contributed by atoms with E-state index in [1.807, 2.05) is 6.07 Å². The van der Waals surface area contributed by atoms with Gasteiger partial charge in [-0.25, -0.2) is 0 Å². The molecule has 1 atom stereocenters. The highest BCUT2D eigenvalue weighted by atomic mass is 32.2. The van der Waals surface area contributed by atoms with Crippen LogP contribution in [0.4, 0.5) is 5.69 Å². The Bertz CT molecular complexity index is 654. The molecule has 1 aromatic carbocycles. The van der Waals surface area contributed by atoms with Crippen LogP contribution < -0.4 is 0 Å². The van der Waals surface area contributed by atoms with Gasteiger partial charge in [0.15, 0.2) is 0 Å². The van der Waals surface area contributed by atoms with Crippen molar-refractivity contribution in [2.45, 2.75) is 11.9 Å². The fourth-order valence-corrected chi connectivity index (χ4v) is 3.42. The summed E-state index contributed by atoms with van der Waals surface area (Å²) < 4.78 is 5.29. The molecule has 3 rings (SSSR count). The molecule has 21 heavy (non-hydrogen) atoms. The number of amides is 1. The summed E-state index contributed by atoms with van der Waals surface area (Å²) in [5.74, 6) is 1.17. The Kier molecular flexibility index (Phi) is 3.66. The molecule has 0 aliphatic carbocycles. The second kappa shape index (κ2) is 5.61. The molecule has 7 heteroatoms. The van der Waals surface area contributed by atoms with Gasteiger partial charge in [-0.1, -0.05) is 0 Å². The zero-order valence-corrected chi connectivity index (χ0v) is 11.8. The number of carbonyl (C=O) groups excluding carboxylic acids is 1. The van der Waals surface area contributed by atoms with Crippen LogP contribution in [-0.4, -0.2) is 21.5 Å². The van der Waals surface area contributed by atoms with Crippen molar-refractivity contribution in [3.63, 3.8) is 0 Å². The predicted molar refractivity (Wildman–Crippen MR) is 77.6 cm³/mol. The first kappa shape index (κ1) is 13.7. The monoisotopic (exact) mass is 304 g/mol. The molecule has 0 radical (unpaired) electrons. The lowest BCUT2D eigenvalue weighted by molar-refractivity contribution is -0.384. The van der Waals surface area contributed by atoms with E-state index < -0.39 is 4.92 Å². The summed E-state index contributed by atoms with van der Waals surface area (Å²) in [4.78, 5) is 24.0. The average Bonchev–Trinajstić information content (AvgIpc) is 3.11. The molecular formula is C14H12N2O4S. The van der Waals surface area contributed by atoms with Gasteiger partial charge in [0, 0.05) is 12.1 Å². The molecule has 2 heterocycles. The molecule has 1 fully saturated rings. The first-order chi connectivity index (χ1) is 10.1. The van der Waals surface area contributed by atoms with Crippen LogP contribution in [0.1, 0.15) is 16.7 Å². The van der Waals surface area contributed by atoms with E-state index in [1.165, 1.54) is 23.9 Å². The van der Waals surface area contributed by atoms with Crippen molar-refractivity contribution in [1.29, 1.82) is 0 Å². The average molecular weight is 304 g/mol. The van der Waals surface area contributed by atoms with Crippen LogP contribution in [0.15, 0.2) is 47.1 Å². The molecule has 1 aromatic heterocycles. The van der Waals surface area contributed by atoms with Crippen molar-refractivity contribution in [3.05, 3.63) is 64.1 Å². The quantitative estimate of drug-likeness (QED) is 0.641. The van der Waals surface area contributed by atoms with E-state index in [-0.39, 0.29) is 17.0 Å². The van der Waals surface area contributed by atoms with Crippen LogP contribution in [0, 0.1) is 10.1 Å². The number of rotatable bonds is 4. The zero-order valence-electron chi connectivity index (χ0n) is 11.0. The minimum Gasteiger partial charge on any atom is -0.467 e. The number of nitrogens with zero attached hydrogens (tertiary/aromatic N) is 2. The lowest BCUT2D eigenvalue weighted by Gasteiger charge is -2.23. The van der Waals surface area contributed by atoms with Gasteiger partial charge in [0.05, 0.1) is 23.5 Å². The Morgan fingerprint density at radius 2 is 2.10 bits per heavy atom. The van der Waals surface area contributed by atoms with E-state index in [4.69, 9.17) is 4.42 Å². The lowest BCUT2D eigenvalue weighted by atomic mass is 10.2. The van der Waals surface area contributed by atoms with E-state index in [1.54, 1.807) is 29.4 Å². The molecule has 2 aromatic rings. The first-order valence-electron chi connectivity index (χ1n) is 6.33. The SMILES string of the molecule is O=C1CS[C@H](c2ccc([N+](=O)[O-])cc2)N1Cc1ccco1. The van der Waals surface area contributed by atoms with Crippen LogP contribution in [-0.2, 0) is 11.3 Å². The van der Waals surface area contributed by atoms with E-state index in [9.17, 15) is 14.9 Å². The molecule has 0 saturated carbocycles. The van der Waals surface area contributed by atoms with Gasteiger partial charge in [0.1, 0.15) is 11.1 Å². The maximum absolute atomic E-state index is 12.0. The minimum atomic E-state index is -0.433. The molecule has 0 unspecified atom stereocenters. The summed E-state index contributed by atoms with van der Waals surface area (Å²) in [6.45, 7) is 0.403. The lowest BCUT2D eigenvalue weighted by Crippen LogP contribution is -2.27. The third-order valence-corrected chi connectivity index (χ3v) is 4.52. The highest BCUT2D eigenvalue weighted by Gasteiger charge is 2.33. The van der Waals surface area contributed by atoms with Crippen LogP contribution in [0.3, 0.4) is 0 Å². The second-order valence-electron chi connectivity index (χ2n) is 4.61. The largest absolute Gasteiger partial charge is 0.467 e. The third-order valence-electron chi connectivity index (χ3n) is 3.26. The predicted octanol–water partition coefficient (Wildman–Crippen LogP) is 2.96. The van der Waals surface area contributed by atoms with Crippen molar-refractivity contribution >= 4 is 23.4 Å². The summed E-state index contributed by atoms with van der Waals surface area (Å²) >= 11 is 1.51. The Morgan fingerprint density at radius 3 is 2.71 bits per heavy atom. The van der Waals surface area contributed by atoms with Gasteiger partial charge in [0.25, 0.3) is 5.69 Å². The number of non-ortho nitro benzene ring substituents is 1. The van der Waals surface area contributed by atoms with Crippen LogP contribution in [0.25, 0.3) is 0 Å². The van der Waals surface area contributed by atoms with Gasteiger partial charge >= 0.3 is 0 Å². The molecule has 0 spiro atoms. The van der Waals surface area contributed by atoms with Gasteiger partial charge in [-0.15, -0.1) is 11.8 Å². The molecular weight excluding hydrogens is 292 g/mol. The molecule has 108 valence electrons. The number of furan rings is 1. The van der Waals surface area contributed by atoms with Crippen molar-refractivity contribution in [2.75, 3.05) is 5.75 Å². The summed E-state index contributed by atoms with van der Waals surface area (Å²) in [6, 6.07) is 9.92. The molecule has 0 N–H and O–H groups in total. The molecule has 1 aliphatic heterocycles. The number of thioether (sulfide) groups is 1. The standard InChI is InChI=1S/C14H12N2O4S/c17-13-9-21-14(15(13)8-12-2-1-7-20-12)10-3-5-11(6-4-10)16(18)19/h1-7,14H,8-9H2/t14-/m1/s1. The van der Waals surface area contributed by atoms with E-state index in [0.717, 1.165) is 11.3 Å². The zero-order chi connectivity index (χ0) is 14.8. The van der Waals surface area contributed by atoms with E-state index >= 15 is 0 Å². The smallest absolute Gasteiger partial charge is 0.269 e. The van der Waals surface area contributed by atoms with Crippen molar-refractivity contribution in [3.8, 4) is 0 Å². The number of nitro benzene ring substituents is 1. The number of hydrogen-bond donors (Lipinski definition) is 0. The Hall–Kier alpha value is -2.28. The Balaban J connectivity index is 1.82. The molecule has 6 nitrogen and oxygen atoms in total. The third kappa shape index (κ3) is 2.78. The van der Waals surface area contributed by atoms with Gasteiger partial charge in [-0.05, 0) is 29.8 Å². The van der Waals surface area contributed by atoms with Crippen molar-refractivity contribution in [2.24, 2.45) is 0 Å². The van der Waals surface area contributed by atoms with Crippen molar-refractivity contribution < 1.29 is 14.1 Å². The highest BCUT2D eigenvalue weighted by Crippen LogP contribution is 2.39. The topological polar surface area (TPSA) is 76.6 Å². The van der Waals surface area contributed by atoms with Gasteiger partial charge < -0.3 is 9.32 Å². The Morgan fingerprint density at radius 1 is 1.33 bits per heavy atom. The van der Waals surface area contributed by atoms with Crippen LogP contribution in [0.2, 0.25) is 0 Å². The maximum atomic E-state index is 12.0. The fourth-order valence-electron chi connectivity index (χ4n) is 2.23. The first-order valence-corrected chi connectivity index (χ1v) is 7.38. The van der Waals surface area contributed by atoms with Crippen molar-refractivity contribution in [1.82, 2.24) is 4.90 Å². The molecule has 1 saturated heterocycles. The molecule has 0 bridgehead atoms.